The number of anilines is 1. The van der Waals surface area contributed by atoms with Gasteiger partial charge in [0.05, 0.1) is 20.4 Å². The second-order valence-electron chi connectivity index (χ2n) is 7.68. The molecule has 0 saturated heterocycles. The predicted octanol–water partition coefficient (Wildman–Crippen LogP) is 4.83. The molecule has 0 bridgehead atoms. The molecule has 174 valence electrons. The van der Waals surface area contributed by atoms with Gasteiger partial charge in [-0.2, -0.15) is 0 Å². The minimum Gasteiger partial charge on any atom is -0.308 e. The molecule has 3 aromatic rings. The molecule has 0 saturated carbocycles. The van der Waals surface area contributed by atoms with E-state index in [1.165, 1.54) is 23.5 Å². The third kappa shape index (κ3) is 5.63. The number of rotatable bonds is 8. The van der Waals surface area contributed by atoms with E-state index in [-0.39, 0.29) is 23.2 Å². The first kappa shape index (κ1) is 26.6. The highest BCUT2D eigenvalue weighted by atomic mass is 35.5. The summed E-state index contributed by atoms with van der Waals surface area (Å²) in [4.78, 5) is 23.2. The highest BCUT2D eigenvalue weighted by molar-refractivity contribution is 7.98. The number of para-hydroxylation sites is 1. The molecule has 0 aliphatic heterocycles. The maximum atomic E-state index is 13.4. The number of sulfone groups is 1. The minimum absolute atomic E-state index is 0. The average Bonchev–Trinajstić information content (AvgIpc) is 3.17. The van der Waals surface area contributed by atoms with Gasteiger partial charge >= 0.3 is 0 Å². The SMILES string of the molecule is CSc1cccc2sc(N(CCN(C)C)C(=O)c3ccc(S(=O)(=O)C(C)C)cc3)nc12.Cl. The first-order valence-electron chi connectivity index (χ1n) is 9.89. The zero-order valence-electron chi connectivity index (χ0n) is 18.7. The van der Waals surface area contributed by atoms with Gasteiger partial charge in [-0.15, -0.1) is 24.2 Å². The molecule has 0 unspecified atom stereocenters. The largest absolute Gasteiger partial charge is 0.308 e. The third-order valence-electron chi connectivity index (χ3n) is 4.89. The Morgan fingerprint density at radius 3 is 2.31 bits per heavy atom. The van der Waals surface area contributed by atoms with E-state index in [0.717, 1.165) is 15.1 Å². The van der Waals surface area contributed by atoms with Gasteiger partial charge in [-0.3, -0.25) is 9.69 Å². The van der Waals surface area contributed by atoms with Crippen molar-refractivity contribution < 1.29 is 13.2 Å². The van der Waals surface area contributed by atoms with Crippen LogP contribution in [0.25, 0.3) is 10.2 Å². The van der Waals surface area contributed by atoms with E-state index in [2.05, 4.69) is 0 Å². The molecule has 0 aliphatic rings. The molecule has 2 aromatic carbocycles. The molecular weight excluding hydrogens is 486 g/mol. The van der Waals surface area contributed by atoms with Crippen LogP contribution < -0.4 is 4.90 Å². The van der Waals surface area contributed by atoms with Gasteiger partial charge in [-0.25, -0.2) is 13.4 Å². The lowest BCUT2D eigenvalue weighted by Crippen LogP contribution is -2.36. The minimum atomic E-state index is -3.38. The fourth-order valence-corrected chi connectivity index (χ4v) is 5.70. The summed E-state index contributed by atoms with van der Waals surface area (Å²) in [6.45, 7) is 4.45. The molecule has 0 spiro atoms. The van der Waals surface area contributed by atoms with E-state index >= 15 is 0 Å². The molecule has 3 rings (SSSR count). The summed E-state index contributed by atoms with van der Waals surface area (Å²) < 4.78 is 25.8. The van der Waals surface area contributed by atoms with E-state index in [0.29, 0.717) is 23.8 Å². The van der Waals surface area contributed by atoms with E-state index in [9.17, 15) is 13.2 Å². The van der Waals surface area contributed by atoms with Gasteiger partial charge in [0.1, 0.15) is 0 Å². The first-order chi connectivity index (χ1) is 14.6. The molecule has 1 amide bonds. The maximum absolute atomic E-state index is 13.4. The summed E-state index contributed by atoms with van der Waals surface area (Å²) >= 11 is 3.12. The number of halogens is 1. The zero-order valence-corrected chi connectivity index (χ0v) is 22.0. The van der Waals surface area contributed by atoms with Crippen LogP contribution in [0.1, 0.15) is 24.2 Å². The lowest BCUT2D eigenvalue weighted by Gasteiger charge is -2.22. The summed E-state index contributed by atoms with van der Waals surface area (Å²) in [5, 5.41) is 0.126. The quantitative estimate of drug-likeness (QED) is 0.402. The van der Waals surface area contributed by atoms with Crippen molar-refractivity contribution in [1.29, 1.82) is 0 Å². The average molecular weight is 514 g/mol. The number of nitrogens with zero attached hydrogens (tertiary/aromatic N) is 3. The Labute approximate surface area is 204 Å². The number of thioether (sulfide) groups is 1. The third-order valence-corrected chi connectivity index (χ3v) is 8.87. The fourth-order valence-electron chi connectivity index (χ4n) is 2.99. The van der Waals surface area contributed by atoms with E-state index in [1.807, 2.05) is 43.5 Å². The number of hydrogen-bond acceptors (Lipinski definition) is 7. The predicted molar refractivity (Wildman–Crippen MR) is 138 cm³/mol. The van der Waals surface area contributed by atoms with Crippen LogP contribution >= 0.6 is 35.5 Å². The van der Waals surface area contributed by atoms with Gasteiger partial charge < -0.3 is 4.90 Å². The van der Waals surface area contributed by atoms with Crippen LogP contribution in [-0.2, 0) is 9.84 Å². The van der Waals surface area contributed by atoms with Crippen LogP contribution in [0, 0.1) is 0 Å². The number of carbonyl (C=O) groups excluding carboxylic acids is 1. The van der Waals surface area contributed by atoms with Crippen LogP contribution in [0.2, 0.25) is 0 Å². The zero-order chi connectivity index (χ0) is 22.8. The molecule has 0 atom stereocenters. The van der Waals surface area contributed by atoms with E-state index in [4.69, 9.17) is 4.98 Å². The number of benzene rings is 2. The molecule has 1 aromatic heterocycles. The smallest absolute Gasteiger partial charge is 0.260 e. The second kappa shape index (κ2) is 11.0. The number of aromatic nitrogens is 1. The maximum Gasteiger partial charge on any atom is 0.260 e. The fraction of sp³-hybridized carbons (Fsp3) is 0.364. The number of fused-ring (bicyclic) bond motifs is 1. The van der Waals surface area contributed by atoms with Crippen molar-refractivity contribution in [3.05, 3.63) is 48.0 Å². The summed E-state index contributed by atoms with van der Waals surface area (Å²) in [5.41, 5.74) is 1.34. The lowest BCUT2D eigenvalue weighted by molar-refractivity contribution is 0.0985. The number of likely N-dealkylation sites (N-methyl/N-ethyl adjacent to an activating group) is 1. The van der Waals surface area contributed by atoms with Crippen molar-refractivity contribution in [2.75, 3.05) is 38.3 Å². The Kier molecular flexibility index (Phi) is 9.13. The molecule has 0 fully saturated rings. The van der Waals surface area contributed by atoms with Gasteiger partial charge in [0, 0.05) is 23.5 Å². The summed E-state index contributed by atoms with van der Waals surface area (Å²) in [5.74, 6) is -0.194. The van der Waals surface area contributed by atoms with Crippen molar-refractivity contribution in [2.24, 2.45) is 0 Å². The molecule has 10 heteroatoms. The van der Waals surface area contributed by atoms with Crippen molar-refractivity contribution in [3.8, 4) is 0 Å². The Bertz CT molecular complexity index is 1180. The summed E-state index contributed by atoms with van der Waals surface area (Å²) in [6, 6.07) is 12.2. The van der Waals surface area contributed by atoms with Crippen LogP contribution in [-0.4, -0.2) is 62.9 Å². The second-order valence-corrected chi connectivity index (χ2v) is 12.0. The first-order valence-corrected chi connectivity index (χ1v) is 13.5. The normalized spacial score (nSPS) is 11.7. The van der Waals surface area contributed by atoms with Gasteiger partial charge in [-0.05, 0) is 70.6 Å². The van der Waals surface area contributed by atoms with E-state index in [1.54, 1.807) is 42.6 Å². The van der Waals surface area contributed by atoms with E-state index < -0.39 is 15.1 Å². The molecule has 6 nitrogen and oxygen atoms in total. The topological polar surface area (TPSA) is 70.6 Å². The Morgan fingerprint density at radius 1 is 1.09 bits per heavy atom. The molecule has 0 radical (unpaired) electrons. The monoisotopic (exact) mass is 513 g/mol. The number of carbonyl (C=O) groups is 1. The van der Waals surface area contributed by atoms with Gasteiger partial charge in [0.15, 0.2) is 15.0 Å². The number of thiazole rings is 1. The number of amides is 1. The summed E-state index contributed by atoms with van der Waals surface area (Å²) in [7, 11) is 0.531. The Morgan fingerprint density at radius 2 is 1.75 bits per heavy atom. The highest BCUT2D eigenvalue weighted by Gasteiger charge is 2.24. The molecule has 32 heavy (non-hydrogen) atoms. The lowest BCUT2D eigenvalue weighted by atomic mass is 10.2. The highest BCUT2D eigenvalue weighted by Crippen LogP contribution is 2.34. The van der Waals surface area contributed by atoms with Gasteiger partial charge in [-0.1, -0.05) is 17.4 Å². The molecule has 1 heterocycles. The van der Waals surface area contributed by atoms with Gasteiger partial charge in [0.2, 0.25) is 0 Å². The Balaban J connectivity index is 0.00000363. The van der Waals surface area contributed by atoms with Crippen LogP contribution in [0.15, 0.2) is 52.3 Å². The number of hydrogen-bond donors (Lipinski definition) is 0. The standard InChI is InChI=1S/C22H27N3O3S3.ClH/c1-15(2)31(27,28)17-11-9-16(10-12-17)21(26)25(14-13-24(3)4)22-23-20-18(29-5)7-6-8-19(20)30-22;/h6-12,15H,13-14H2,1-5H3;1H. The summed E-state index contributed by atoms with van der Waals surface area (Å²) in [6.07, 6.45) is 2.01. The Hall–Kier alpha value is -1.65. The van der Waals surface area contributed by atoms with Gasteiger partial charge in [0.25, 0.3) is 5.91 Å². The molecular formula is C22H28ClN3O3S3. The van der Waals surface area contributed by atoms with Crippen molar-refractivity contribution >= 4 is 66.6 Å². The van der Waals surface area contributed by atoms with Crippen molar-refractivity contribution in [3.63, 3.8) is 0 Å². The van der Waals surface area contributed by atoms with Crippen molar-refractivity contribution in [2.45, 2.75) is 28.9 Å². The molecule has 0 aliphatic carbocycles. The van der Waals surface area contributed by atoms with Crippen LogP contribution in [0.5, 0.6) is 0 Å². The van der Waals surface area contributed by atoms with Crippen molar-refractivity contribution in [1.82, 2.24) is 9.88 Å². The van der Waals surface area contributed by atoms with Crippen LogP contribution in [0.3, 0.4) is 0 Å². The molecule has 0 N–H and O–H groups in total. The van der Waals surface area contributed by atoms with Crippen LogP contribution in [0.4, 0.5) is 5.13 Å².